The average molecular weight is 320 g/mol. The molecule has 0 amide bonds. The lowest BCUT2D eigenvalue weighted by molar-refractivity contribution is 0.0735. The van der Waals surface area contributed by atoms with Crippen LogP contribution < -0.4 is 0 Å². The van der Waals surface area contributed by atoms with Crippen LogP contribution in [0, 0.1) is 0 Å². The van der Waals surface area contributed by atoms with Crippen LogP contribution in [-0.2, 0) is 20.9 Å². The molecule has 7 heteroatoms. The van der Waals surface area contributed by atoms with Gasteiger partial charge < -0.3 is 9.29 Å². The quantitative estimate of drug-likeness (QED) is 0.861. The Hall–Kier alpha value is -2.51. The lowest BCUT2D eigenvalue weighted by atomic mass is 10.1. The van der Waals surface area contributed by atoms with Gasteiger partial charge in [-0.3, -0.25) is 4.79 Å². The minimum atomic E-state index is -4.79. The van der Waals surface area contributed by atoms with Crippen molar-refractivity contribution in [2.45, 2.75) is 6.61 Å². The van der Waals surface area contributed by atoms with Crippen molar-refractivity contribution in [1.82, 2.24) is 0 Å². The summed E-state index contributed by atoms with van der Waals surface area (Å²) in [5.41, 5.74) is -0.0907. The highest BCUT2D eigenvalue weighted by Gasteiger charge is 2.30. The maximum Gasteiger partial charge on any atom is 0.381 e. The lowest BCUT2D eigenvalue weighted by Crippen LogP contribution is -2.22. The largest absolute Gasteiger partial charge is 0.392 e. The third-order valence-electron chi connectivity index (χ3n) is 2.83. The lowest BCUT2D eigenvalue weighted by Gasteiger charge is -2.07. The summed E-state index contributed by atoms with van der Waals surface area (Å²) in [7, 11) is -4.79. The van der Waals surface area contributed by atoms with E-state index < -0.39 is 27.8 Å². The van der Waals surface area contributed by atoms with Gasteiger partial charge in [0.05, 0.1) is 12.2 Å². The molecule has 0 saturated carbocycles. The van der Waals surface area contributed by atoms with Crippen LogP contribution in [0.15, 0.2) is 54.6 Å². The number of hydrogen-bond acceptors (Lipinski definition) is 6. The van der Waals surface area contributed by atoms with Crippen LogP contribution in [0.4, 0.5) is 0 Å². The number of carbonyl (C=O) groups is 2. The van der Waals surface area contributed by atoms with Crippen LogP contribution in [0.1, 0.15) is 26.3 Å². The zero-order valence-corrected chi connectivity index (χ0v) is 12.1. The minimum Gasteiger partial charge on any atom is -0.392 e. The van der Waals surface area contributed by atoms with Crippen molar-refractivity contribution in [1.29, 1.82) is 0 Å². The molecule has 2 aromatic carbocycles. The Kier molecular flexibility index (Phi) is 4.69. The van der Waals surface area contributed by atoms with Gasteiger partial charge in [0.15, 0.2) is 0 Å². The van der Waals surface area contributed by atoms with E-state index in [-0.39, 0.29) is 16.7 Å². The van der Waals surface area contributed by atoms with Crippen molar-refractivity contribution in [3.8, 4) is 0 Å². The van der Waals surface area contributed by atoms with Crippen molar-refractivity contribution >= 4 is 21.2 Å². The van der Waals surface area contributed by atoms with Crippen molar-refractivity contribution in [2.75, 3.05) is 0 Å². The fourth-order valence-corrected chi connectivity index (χ4v) is 2.59. The van der Waals surface area contributed by atoms with Gasteiger partial charge in [0, 0.05) is 5.56 Å². The molecule has 0 fully saturated rings. The molecule has 2 aromatic rings. The first-order chi connectivity index (χ1) is 10.5. The number of rotatable bonds is 3. The Bertz CT molecular complexity index is 796. The summed E-state index contributed by atoms with van der Waals surface area (Å²) in [5.74, 6) is -1.14. The first-order valence-corrected chi connectivity index (χ1v) is 7.63. The first-order valence-electron chi connectivity index (χ1n) is 6.22. The molecule has 0 atom stereocenters. The second kappa shape index (κ2) is 6.50. The van der Waals surface area contributed by atoms with Crippen molar-refractivity contribution in [3.05, 3.63) is 71.3 Å². The summed E-state index contributed by atoms with van der Waals surface area (Å²) in [6.45, 7) is -0.510. The van der Waals surface area contributed by atoms with Gasteiger partial charge >= 0.3 is 21.2 Å². The second-order valence-electron chi connectivity index (χ2n) is 4.29. The molecule has 0 heterocycles. The minimum absolute atomic E-state index is 0.00863. The van der Waals surface area contributed by atoms with Crippen LogP contribution in [0.2, 0.25) is 0 Å². The molecule has 0 saturated heterocycles. The van der Waals surface area contributed by atoms with Gasteiger partial charge in [0.25, 0.3) is 0 Å². The summed E-state index contributed by atoms with van der Waals surface area (Å²) in [5, 5.41) is 7.76. The molecule has 0 aromatic heterocycles. The third kappa shape index (κ3) is 3.38. The molecule has 0 unspecified atom stereocenters. The van der Waals surface area contributed by atoms with E-state index in [2.05, 4.69) is 4.18 Å². The fourth-order valence-electron chi connectivity index (χ4n) is 1.75. The van der Waals surface area contributed by atoms with E-state index >= 15 is 0 Å². The molecule has 2 rings (SSSR count). The normalized spacial score (nSPS) is 11.0. The number of hydrogen-bond donors (Lipinski definition) is 1. The van der Waals surface area contributed by atoms with Crippen LogP contribution in [0.3, 0.4) is 0 Å². The number of aliphatic hydroxyl groups excluding tert-OH is 1. The van der Waals surface area contributed by atoms with Crippen LogP contribution in [0.25, 0.3) is 0 Å². The third-order valence-corrected chi connectivity index (χ3v) is 3.87. The molecule has 0 aliphatic carbocycles. The highest BCUT2D eigenvalue weighted by molar-refractivity contribution is 8.02. The van der Waals surface area contributed by atoms with Crippen molar-refractivity contribution in [2.24, 2.45) is 0 Å². The van der Waals surface area contributed by atoms with Gasteiger partial charge in [0.2, 0.25) is 0 Å². The smallest absolute Gasteiger partial charge is 0.381 e. The van der Waals surface area contributed by atoms with Gasteiger partial charge in [0.1, 0.15) is 0 Å². The highest BCUT2D eigenvalue weighted by Crippen LogP contribution is 2.15. The van der Waals surface area contributed by atoms with Crippen LogP contribution in [0.5, 0.6) is 0 Å². The molecule has 0 aliphatic rings. The molecular formula is C15H12O6S. The SMILES string of the molecule is O=C(OS(=O)(=O)C(=O)c1ccccc1CO)c1ccccc1. The summed E-state index contributed by atoms with van der Waals surface area (Å²) in [6, 6.07) is 13.1. The molecule has 0 bridgehead atoms. The predicted octanol–water partition coefficient (Wildman–Crippen LogP) is 1.51. The van der Waals surface area contributed by atoms with Crippen LogP contribution >= 0.6 is 0 Å². The van der Waals surface area contributed by atoms with Gasteiger partial charge in [-0.25, -0.2) is 4.79 Å². The van der Waals surface area contributed by atoms with Crippen LogP contribution in [-0.4, -0.2) is 24.6 Å². The Morgan fingerprint density at radius 3 is 2.18 bits per heavy atom. The molecule has 1 N–H and O–H groups in total. The highest BCUT2D eigenvalue weighted by atomic mass is 32.2. The van der Waals surface area contributed by atoms with E-state index in [9.17, 15) is 18.0 Å². The molecule has 0 aliphatic heterocycles. The van der Waals surface area contributed by atoms with Gasteiger partial charge in [-0.1, -0.05) is 36.4 Å². The van der Waals surface area contributed by atoms with Gasteiger partial charge in [-0.05, 0) is 23.8 Å². The molecule has 0 radical (unpaired) electrons. The van der Waals surface area contributed by atoms with Gasteiger partial charge in [-0.15, -0.1) is 0 Å². The average Bonchev–Trinajstić information content (AvgIpc) is 2.54. The maximum absolute atomic E-state index is 12.0. The fraction of sp³-hybridized carbons (Fsp3) is 0.0667. The van der Waals surface area contributed by atoms with E-state index in [1.807, 2.05) is 0 Å². The summed E-state index contributed by atoms with van der Waals surface area (Å²) in [6.07, 6.45) is 0. The summed E-state index contributed by atoms with van der Waals surface area (Å²) in [4.78, 5) is 23.8. The summed E-state index contributed by atoms with van der Waals surface area (Å²) < 4.78 is 28.2. The molecular weight excluding hydrogens is 308 g/mol. The Labute approximate surface area is 127 Å². The molecule has 114 valence electrons. The molecule has 6 nitrogen and oxygen atoms in total. The standard InChI is InChI=1S/C15H12O6S/c16-10-12-8-4-5-9-13(12)15(18)22(19,20)21-14(17)11-6-2-1-3-7-11/h1-9,16H,10H2. The van der Waals surface area contributed by atoms with E-state index in [0.29, 0.717) is 0 Å². The van der Waals surface area contributed by atoms with E-state index in [1.54, 1.807) is 12.1 Å². The van der Waals surface area contributed by atoms with Gasteiger partial charge in [-0.2, -0.15) is 8.42 Å². The van der Waals surface area contributed by atoms with E-state index in [0.717, 1.165) is 0 Å². The first kappa shape index (κ1) is 15.9. The zero-order chi connectivity index (χ0) is 16.2. The van der Waals surface area contributed by atoms with Crippen molar-refractivity contribution in [3.63, 3.8) is 0 Å². The number of aliphatic hydroxyl groups is 1. The monoisotopic (exact) mass is 320 g/mol. The Morgan fingerprint density at radius 1 is 0.955 bits per heavy atom. The summed E-state index contributed by atoms with van der Waals surface area (Å²) >= 11 is 0. The maximum atomic E-state index is 12.0. The number of carbonyl (C=O) groups excluding carboxylic acids is 2. The zero-order valence-electron chi connectivity index (χ0n) is 11.3. The molecule has 0 spiro atoms. The van der Waals surface area contributed by atoms with E-state index in [1.165, 1.54) is 42.5 Å². The predicted molar refractivity (Wildman–Crippen MR) is 77.5 cm³/mol. The Balaban J connectivity index is 2.27. The van der Waals surface area contributed by atoms with Crippen molar-refractivity contribution < 1.29 is 27.3 Å². The molecule has 22 heavy (non-hydrogen) atoms. The second-order valence-corrected chi connectivity index (χ2v) is 5.74. The Morgan fingerprint density at radius 2 is 1.55 bits per heavy atom. The number of benzene rings is 2. The topological polar surface area (TPSA) is 97.7 Å². The van der Waals surface area contributed by atoms with E-state index in [4.69, 9.17) is 5.11 Å².